The van der Waals surface area contributed by atoms with E-state index in [-0.39, 0.29) is 24.4 Å². The highest BCUT2D eigenvalue weighted by atomic mass is 32.1. The van der Waals surface area contributed by atoms with Crippen LogP contribution in [0.2, 0.25) is 0 Å². The Morgan fingerprint density at radius 3 is 2.77 bits per heavy atom. The summed E-state index contributed by atoms with van der Waals surface area (Å²) in [4.78, 5) is 26.8. The van der Waals surface area contributed by atoms with Crippen molar-refractivity contribution in [2.75, 3.05) is 11.9 Å². The third-order valence-electron chi connectivity index (χ3n) is 4.24. The van der Waals surface area contributed by atoms with Gasteiger partial charge in [-0.2, -0.15) is 10.2 Å². The SMILES string of the molecule is Cc1ccc(-c2cc(NC(=O)c3ccc(=O)n(CCOc4ccccc4)n3)n[nH]2)s1. The van der Waals surface area contributed by atoms with Crippen molar-refractivity contribution in [2.24, 2.45) is 0 Å². The van der Waals surface area contributed by atoms with Crippen LogP contribution in [0.4, 0.5) is 5.82 Å². The van der Waals surface area contributed by atoms with Crippen molar-refractivity contribution in [3.05, 3.63) is 81.6 Å². The van der Waals surface area contributed by atoms with Crippen molar-refractivity contribution >= 4 is 23.1 Å². The van der Waals surface area contributed by atoms with E-state index in [9.17, 15) is 9.59 Å². The average Bonchev–Trinajstić information content (AvgIpc) is 3.39. The number of hydrogen-bond acceptors (Lipinski definition) is 6. The molecule has 4 aromatic rings. The van der Waals surface area contributed by atoms with Crippen LogP contribution in [0.1, 0.15) is 15.4 Å². The van der Waals surface area contributed by atoms with Crippen LogP contribution in [-0.4, -0.2) is 32.5 Å². The van der Waals surface area contributed by atoms with Crippen molar-refractivity contribution in [2.45, 2.75) is 13.5 Å². The molecule has 0 unspecified atom stereocenters. The molecule has 1 aromatic carbocycles. The average molecular weight is 421 g/mol. The number of aromatic amines is 1. The molecule has 0 bridgehead atoms. The highest BCUT2D eigenvalue weighted by Gasteiger charge is 2.13. The number of carbonyl (C=O) groups is 1. The zero-order valence-electron chi connectivity index (χ0n) is 16.2. The van der Waals surface area contributed by atoms with Crippen LogP contribution in [0.3, 0.4) is 0 Å². The Morgan fingerprint density at radius 1 is 1.17 bits per heavy atom. The van der Waals surface area contributed by atoms with Gasteiger partial charge < -0.3 is 10.1 Å². The van der Waals surface area contributed by atoms with Crippen molar-refractivity contribution in [1.29, 1.82) is 0 Å². The van der Waals surface area contributed by atoms with Gasteiger partial charge in [-0.05, 0) is 37.3 Å². The monoisotopic (exact) mass is 421 g/mol. The van der Waals surface area contributed by atoms with Crippen LogP contribution >= 0.6 is 11.3 Å². The summed E-state index contributed by atoms with van der Waals surface area (Å²) in [6, 6.07) is 17.8. The van der Waals surface area contributed by atoms with Crippen molar-refractivity contribution in [3.63, 3.8) is 0 Å². The molecule has 0 atom stereocenters. The van der Waals surface area contributed by atoms with Gasteiger partial charge in [-0.1, -0.05) is 18.2 Å². The number of benzene rings is 1. The Morgan fingerprint density at radius 2 is 2.00 bits per heavy atom. The van der Waals surface area contributed by atoms with E-state index in [0.29, 0.717) is 11.6 Å². The number of amides is 1. The third kappa shape index (κ3) is 4.64. The number of rotatable bonds is 7. The van der Waals surface area contributed by atoms with Crippen LogP contribution < -0.4 is 15.6 Å². The highest BCUT2D eigenvalue weighted by molar-refractivity contribution is 7.15. The predicted octanol–water partition coefficient (Wildman–Crippen LogP) is 3.33. The molecule has 0 saturated carbocycles. The lowest BCUT2D eigenvalue weighted by Crippen LogP contribution is -2.28. The number of carbonyl (C=O) groups excluding carboxylic acids is 1. The molecule has 0 saturated heterocycles. The number of nitrogens with zero attached hydrogens (tertiary/aromatic N) is 3. The van der Waals surface area contributed by atoms with E-state index >= 15 is 0 Å². The van der Waals surface area contributed by atoms with E-state index in [1.807, 2.05) is 49.4 Å². The summed E-state index contributed by atoms with van der Waals surface area (Å²) in [7, 11) is 0. The molecule has 0 spiro atoms. The maximum absolute atomic E-state index is 12.6. The summed E-state index contributed by atoms with van der Waals surface area (Å²) in [5, 5.41) is 13.9. The summed E-state index contributed by atoms with van der Waals surface area (Å²) in [5.74, 6) is 0.635. The van der Waals surface area contributed by atoms with E-state index in [1.165, 1.54) is 21.7 Å². The summed E-state index contributed by atoms with van der Waals surface area (Å²) >= 11 is 1.63. The van der Waals surface area contributed by atoms with E-state index in [2.05, 4.69) is 20.6 Å². The predicted molar refractivity (Wildman–Crippen MR) is 115 cm³/mol. The Hall–Kier alpha value is -3.72. The van der Waals surface area contributed by atoms with Gasteiger partial charge in [0.15, 0.2) is 5.82 Å². The van der Waals surface area contributed by atoms with E-state index in [4.69, 9.17) is 4.74 Å². The maximum atomic E-state index is 12.6. The molecular weight excluding hydrogens is 402 g/mol. The van der Waals surface area contributed by atoms with Crippen LogP contribution in [0, 0.1) is 6.92 Å². The molecule has 152 valence electrons. The van der Waals surface area contributed by atoms with Crippen molar-refractivity contribution < 1.29 is 9.53 Å². The van der Waals surface area contributed by atoms with E-state index in [0.717, 1.165) is 10.6 Å². The third-order valence-corrected chi connectivity index (χ3v) is 5.27. The fourth-order valence-electron chi connectivity index (χ4n) is 2.77. The van der Waals surface area contributed by atoms with Gasteiger partial charge in [-0.25, -0.2) is 4.68 Å². The lowest BCUT2D eigenvalue weighted by molar-refractivity contribution is 0.101. The van der Waals surface area contributed by atoms with Crippen LogP contribution in [-0.2, 0) is 6.54 Å². The molecule has 30 heavy (non-hydrogen) atoms. The first-order valence-electron chi connectivity index (χ1n) is 9.28. The van der Waals surface area contributed by atoms with Gasteiger partial charge in [0.2, 0.25) is 0 Å². The second-order valence-electron chi connectivity index (χ2n) is 6.47. The van der Waals surface area contributed by atoms with E-state index in [1.54, 1.807) is 17.4 Å². The first-order valence-corrected chi connectivity index (χ1v) is 10.1. The van der Waals surface area contributed by atoms with Crippen LogP contribution in [0.25, 0.3) is 10.6 Å². The number of aromatic nitrogens is 4. The maximum Gasteiger partial charge on any atom is 0.277 e. The normalized spacial score (nSPS) is 10.7. The minimum Gasteiger partial charge on any atom is -0.492 e. The molecule has 4 rings (SSSR count). The molecule has 9 heteroatoms. The summed E-state index contributed by atoms with van der Waals surface area (Å²) in [6.07, 6.45) is 0. The quantitative estimate of drug-likeness (QED) is 0.477. The molecule has 0 aliphatic heterocycles. The molecule has 3 heterocycles. The first-order chi connectivity index (χ1) is 14.6. The number of thiophene rings is 1. The van der Waals surface area contributed by atoms with Gasteiger partial charge in [-0.15, -0.1) is 11.3 Å². The van der Waals surface area contributed by atoms with Gasteiger partial charge in [0.1, 0.15) is 18.1 Å². The number of anilines is 1. The Kier molecular flexibility index (Phi) is 5.71. The minimum atomic E-state index is -0.451. The number of nitrogens with one attached hydrogen (secondary N) is 2. The molecule has 0 aliphatic carbocycles. The van der Waals surface area contributed by atoms with E-state index < -0.39 is 5.91 Å². The molecule has 0 radical (unpaired) electrons. The summed E-state index contributed by atoms with van der Waals surface area (Å²) in [5.41, 5.74) is 0.628. The molecule has 0 fully saturated rings. The first kappa shape index (κ1) is 19.6. The molecule has 8 nitrogen and oxygen atoms in total. The molecule has 3 aromatic heterocycles. The minimum absolute atomic E-state index is 0.117. The van der Waals surface area contributed by atoms with Crippen LogP contribution in [0.15, 0.2) is 65.5 Å². The van der Waals surface area contributed by atoms with Gasteiger partial charge in [0.25, 0.3) is 11.5 Å². The van der Waals surface area contributed by atoms with Gasteiger partial charge in [0.05, 0.1) is 17.1 Å². The Balaban J connectivity index is 1.41. The fourth-order valence-corrected chi connectivity index (χ4v) is 3.60. The molecule has 2 N–H and O–H groups in total. The Bertz CT molecular complexity index is 1210. The summed E-state index contributed by atoms with van der Waals surface area (Å²) < 4.78 is 6.80. The lowest BCUT2D eigenvalue weighted by Gasteiger charge is -2.08. The highest BCUT2D eigenvalue weighted by Crippen LogP contribution is 2.27. The number of para-hydroxylation sites is 1. The molecular formula is C21H19N5O3S. The lowest BCUT2D eigenvalue weighted by atomic mass is 10.3. The second kappa shape index (κ2) is 8.75. The zero-order valence-corrected chi connectivity index (χ0v) is 17.0. The van der Waals surface area contributed by atoms with Crippen LogP contribution in [0.5, 0.6) is 5.75 Å². The number of hydrogen-bond donors (Lipinski definition) is 2. The second-order valence-corrected chi connectivity index (χ2v) is 7.76. The zero-order chi connectivity index (χ0) is 20.9. The molecule has 0 aliphatic rings. The number of ether oxygens (including phenoxy) is 1. The Labute approximate surface area is 176 Å². The van der Waals surface area contributed by atoms with Gasteiger partial charge in [0, 0.05) is 17.0 Å². The standard InChI is InChI=1S/C21H19N5O3S/c1-14-7-9-18(30-14)17-13-19(24-23-17)22-21(28)16-8-10-20(27)26(25-16)11-12-29-15-5-3-2-4-6-15/h2-10,13H,11-12H2,1H3,(H2,22,23,24,28). The number of aryl methyl sites for hydroxylation is 1. The van der Waals surface area contributed by atoms with Gasteiger partial charge >= 0.3 is 0 Å². The topological polar surface area (TPSA) is 102 Å². The van der Waals surface area contributed by atoms with Gasteiger partial charge in [-0.3, -0.25) is 14.7 Å². The largest absolute Gasteiger partial charge is 0.492 e. The smallest absolute Gasteiger partial charge is 0.277 e. The number of H-pyrrole nitrogens is 1. The van der Waals surface area contributed by atoms with Crippen molar-refractivity contribution in [3.8, 4) is 16.3 Å². The van der Waals surface area contributed by atoms with Crippen molar-refractivity contribution in [1.82, 2.24) is 20.0 Å². The molecule has 1 amide bonds. The fraction of sp³-hybridized carbons (Fsp3) is 0.143. The summed E-state index contributed by atoms with van der Waals surface area (Å²) in [6.45, 7) is 2.50.